The molecule has 5 nitrogen and oxygen atoms in total. The molecule has 1 saturated heterocycles. The van der Waals surface area contributed by atoms with Crippen LogP contribution >= 0.6 is 11.6 Å². The first-order chi connectivity index (χ1) is 13.2. The van der Waals surface area contributed by atoms with Crippen LogP contribution in [0.1, 0.15) is 64.9 Å². The molecule has 0 unspecified atom stereocenters. The van der Waals surface area contributed by atoms with Gasteiger partial charge in [-0.3, -0.25) is 4.79 Å². The van der Waals surface area contributed by atoms with E-state index >= 15 is 0 Å². The molecule has 6 heteroatoms. The highest BCUT2D eigenvalue weighted by molar-refractivity contribution is 6.30. The maximum Gasteiger partial charge on any atom is 0.410 e. The lowest BCUT2D eigenvalue weighted by Crippen LogP contribution is -2.51. The lowest BCUT2D eigenvalue weighted by Gasteiger charge is -2.43. The molecule has 1 saturated carbocycles. The Labute approximate surface area is 172 Å². The van der Waals surface area contributed by atoms with Gasteiger partial charge in [-0.1, -0.05) is 23.7 Å². The highest BCUT2D eigenvalue weighted by Crippen LogP contribution is 2.41. The van der Waals surface area contributed by atoms with Crippen molar-refractivity contribution in [1.29, 1.82) is 0 Å². The third kappa shape index (κ3) is 5.19. The Bertz CT molecular complexity index is 699. The zero-order chi connectivity index (χ0) is 20.4. The summed E-state index contributed by atoms with van der Waals surface area (Å²) in [5.41, 5.74) is 0.419. The Morgan fingerprint density at radius 1 is 1.18 bits per heavy atom. The molecule has 28 heavy (non-hydrogen) atoms. The molecule has 1 heterocycles. The Morgan fingerprint density at radius 2 is 1.79 bits per heavy atom. The fourth-order valence-corrected chi connectivity index (χ4v) is 4.14. The molecule has 1 aliphatic carbocycles. The number of benzene rings is 1. The molecular formula is C22H31ClN2O3. The second-order valence-corrected chi connectivity index (χ2v) is 9.54. The molecule has 1 aromatic rings. The van der Waals surface area contributed by atoms with Crippen LogP contribution in [0.2, 0.25) is 5.02 Å². The number of rotatable bonds is 4. The van der Waals surface area contributed by atoms with E-state index in [2.05, 4.69) is 5.32 Å². The normalized spacial score (nSPS) is 19.6. The third-order valence-corrected chi connectivity index (χ3v) is 5.97. The molecule has 1 N–H and O–H groups in total. The number of hydrogen-bond donors (Lipinski definition) is 1. The monoisotopic (exact) mass is 406 g/mol. The highest BCUT2D eigenvalue weighted by Gasteiger charge is 2.40. The van der Waals surface area contributed by atoms with Gasteiger partial charge in [-0.05, 0) is 76.5 Å². The van der Waals surface area contributed by atoms with E-state index in [1.165, 1.54) is 0 Å². The smallest absolute Gasteiger partial charge is 0.410 e. The number of ether oxygens (including phenoxy) is 1. The summed E-state index contributed by atoms with van der Waals surface area (Å²) in [6.45, 7) is 6.92. The van der Waals surface area contributed by atoms with E-state index in [1.54, 1.807) is 4.90 Å². The molecule has 1 aromatic carbocycles. The Kier molecular flexibility index (Phi) is 6.23. The van der Waals surface area contributed by atoms with Crippen LogP contribution < -0.4 is 5.32 Å². The van der Waals surface area contributed by atoms with Crippen LogP contribution in [0.4, 0.5) is 4.79 Å². The summed E-state index contributed by atoms with van der Waals surface area (Å²) in [6, 6.07) is 7.80. The minimum absolute atomic E-state index is 0.102. The first-order valence-electron chi connectivity index (χ1n) is 10.2. The van der Waals surface area contributed by atoms with Gasteiger partial charge in [0.2, 0.25) is 5.91 Å². The summed E-state index contributed by atoms with van der Waals surface area (Å²) in [7, 11) is 0. The summed E-state index contributed by atoms with van der Waals surface area (Å²) in [4.78, 5) is 26.6. The van der Waals surface area contributed by atoms with Crippen molar-refractivity contribution < 1.29 is 14.3 Å². The van der Waals surface area contributed by atoms with Gasteiger partial charge in [0.15, 0.2) is 0 Å². The van der Waals surface area contributed by atoms with Crippen LogP contribution in [0.3, 0.4) is 0 Å². The highest BCUT2D eigenvalue weighted by atomic mass is 35.5. The van der Waals surface area contributed by atoms with E-state index in [-0.39, 0.29) is 17.5 Å². The Morgan fingerprint density at radius 3 is 2.29 bits per heavy atom. The molecule has 1 aliphatic heterocycles. The van der Waals surface area contributed by atoms with Crippen molar-refractivity contribution in [1.82, 2.24) is 10.2 Å². The predicted molar refractivity (Wildman–Crippen MR) is 110 cm³/mol. The van der Waals surface area contributed by atoms with E-state index in [0.29, 0.717) is 30.5 Å². The Hall–Kier alpha value is -1.75. The number of carbonyl (C=O) groups is 2. The molecule has 0 bridgehead atoms. The van der Waals surface area contributed by atoms with Gasteiger partial charge in [0, 0.05) is 24.5 Å². The summed E-state index contributed by atoms with van der Waals surface area (Å²) < 4.78 is 5.44. The van der Waals surface area contributed by atoms with Crippen molar-refractivity contribution in [3.05, 3.63) is 34.9 Å². The molecule has 0 aromatic heterocycles. The second-order valence-electron chi connectivity index (χ2n) is 9.11. The number of hydrogen-bond acceptors (Lipinski definition) is 3. The molecule has 0 spiro atoms. The predicted octanol–water partition coefficient (Wildman–Crippen LogP) is 4.87. The van der Waals surface area contributed by atoms with Gasteiger partial charge in [0.1, 0.15) is 5.60 Å². The molecule has 3 rings (SSSR count). The van der Waals surface area contributed by atoms with E-state index in [0.717, 1.165) is 37.7 Å². The fourth-order valence-electron chi connectivity index (χ4n) is 4.01. The van der Waals surface area contributed by atoms with Gasteiger partial charge in [-0.15, -0.1) is 0 Å². The largest absolute Gasteiger partial charge is 0.444 e. The minimum atomic E-state index is -0.480. The number of nitrogens with one attached hydrogen (secondary N) is 1. The van der Waals surface area contributed by atoms with Crippen molar-refractivity contribution in [3.8, 4) is 0 Å². The van der Waals surface area contributed by atoms with Gasteiger partial charge in [0.25, 0.3) is 0 Å². The quantitative estimate of drug-likeness (QED) is 0.775. The van der Waals surface area contributed by atoms with Gasteiger partial charge in [0.05, 0.1) is 5.54 Å². The standard InChI is InChI=1S/C22H31ClN2O3/c1-21(2,3)28-20(27)25-13-9-16(10-14-25)15-19(26)24-22(11-4-12-22)17-5-7-18(23)8-6-17/h5-8,16H,4,9-15H2,1-3H3,(H,24,26). The Balaban J connectivity index is 1.49. The lowest BCUT2D eigenvalue weighted by atomic mass is 9.71. The first-order valence-corrected chi connectivity index (χ1v) is 10.6. The van der Waals surface area contributed by atoms with Crippen molar-refractivity contribution >= 4 is 23.6 Å². The minimum Gasteiger partial charge on any atom is -0.444 e. The lowest BCUT2D eigenvalue weighted by molar-refractivity contribution is -0.125. The van der Waals surface area contributed by atoms with E-state index in [4.69, 9.17) is 16.3 Å². The van der Waals surface area contributed by atoms with E-state index in [9.17, 15) is 9.59 Å². The van der Waals surface area contributed by atoms with Crippen LogP contribution in [0, 0.1) is 5.92 Å². The summed E-state index contributed by atoms with van der Waals surface area (Å²) in [5, 5.41) is 4.00. The molecule has 0 atom stereocenters. The van der Waals surface area contributed by atoms with Gasteiger partial charge >= 0.3 is 6.09 Å². The molecule has 2 aliphatic rings. The topological polar surface area (TPSA) is 58.6 Å². The summed E-state index contributed by atoms with van der Waals surface area (Å²) in [5.74, 6) is 0.409. The molecule has 2 fully saturated rings. The zero-order valence-electron chi connectivity index (χ0n) is 17.1. The van der Waals surface area contributed by atoms with Crippen LogP contribution in [-0.4, -0.2) is 35.6 Å². The SMILES string of the molecule is CC(C)(C)OC(=O)N1CCC(CC(=O)NC2(c3ccc(Cl)cc3)CCC2)CC1. The number of nitrogens with zero attached hydrogens (tertiary/aromatic N) is 1. The maximum atomic E-state index is 12.7. The van der Waals surface area contributed by atoms with Gasteiger partial charge < -0.3 is 15.0 Å². The van der Waals surface area contributed by atoms with Gasteiger partial charge in [-0.25, -0.2) is 4.79 Å². The molecular weight excluding hydrogens is 376 g/mol. The number of carbonyl (C=O) groups excluding carboxylic acids is 2. The van der Waals surface area contributed by atoms with E-state index < -0.39 is 5.60 Å². The van der Waals surface area contributed by atoms with E-state index in [1.807, 2.05) is 45.0 Å². The maximum absolute atomic E-state index is 12.7. The average molecular weight is 407 g/mol. The van der Waals surface area contributed by atoms with Crippen molar-refractivity contribution in [2.24, 2.45) is 5.92 Å². The van der Waals surface area contributed by atoms with Crippen molar-refractivity contribution in [2.75, 3.05) is 13.1 Å². The third-order valence-electron chi connectivity index (χ3n) is 5.72. The molecule has 154 valence electrons. The zero-order valence-corrected chi connectivity index (χ0v) is 17.8. The first kappa shape index (κ1) is 21.0. The van der Waals surface area contributed by atoms with Crippen LogP contribution in [0.15, 0.2) is 24.3 Å². The van der Waals surface area contributed by atoms with Crippen molar-refractivity contribution in [2.45, 2.75) is 70.4 Å². The summed E-state index contributed by atoms with van der Waals surface area (Å²) >= 11 is 6.00. The number of piperidine rings is 1. The second kappa shape index (κ2) is 8.32. The molecule has 0 radical (unpaired) electrons. The fraction of sp³-hybridized carbons (Fsp3) is 0.636. The van der Waals surface area contributed by atoms with Crippen LogP contribution in [0.25, 0.3) is 0 Å². The van der Waals surface area contributed by atoms with Crippen molar-refractivity contribution in [3.63, 3.8) is 0 Å². The summed E-state index contributed by atoms with van der Waals surface area (Å²) in [6.07, 6.45) is 4.98. The average Bonchev–Trinajstić information content (AvgIpc) is 2.58. The molecule has 2 amide bonds. The van der Waals surface area contributed by atoms with Gasteiger partial charge in [-0.2, -0.15) is 0 Å². The number of likely N-dealkylation sites (tertiary alicyclic amines) is 1. The number of amides is 2. The van der Waals surface area contributed by atoms with Crippen LogP contribution in [0.5, 0.6) is 0 Å². The van der Waals surface area contributed by atoms with Crippen LogP contribution in [-0.2, 0) is 15.1 Å². The number of halogens is 1.